The fourth-order valence-corrected chi connectivity index (χ4v) is 4.99. The van der Waals surface area contributed by atoms with Gasteiger partial charge < -0.3 is 4.57 Å². The second kappa shape index (κ2) is 7.80. The standard InChI is InChI=1S/C22H18Cl2N2OS2/c1-12-4-7-19-16(8-12)15(10-20-21(27)25(3)22(28)29-20)13(2)26(19)11-14-5-6-17(23)18(24)9-14/h4-10H,11H2,1-3H3/b20-10-. The zero-order chi connectivity index (χ0) is 20.9. The van der Waals surface area contributed by atoms with E-state index in [1.54, 1.807) is 7.05 Å². The lowest BCUT2D eigenvalue weighted by atomic mass is 10.1. The summed E-state index contributed by atoms with van der Waals surface area (Å²) in [6.07, 6.45) is 1.96. The predicted octanol–water partition coefficient (Wildman–Crippen LogP) is 6.44. The van der Waals surface area contributed by atoms with Gasteiger partial charge in [0, 0.05) is 35.8 Å². The van der Waals surface area contributed by atoms with Gasteiger partial charge in [-0.25, -0.2) is 0 Å². The molecule has 0 spiro atoms. The molecule has 1 aliphatic rings. The van der Waals surface area contributed by atoms with Crippen LogP contribution in [0.3, 0.4) is 0 Å². The summed E-state index contributed by atoms with van der Waals surface area (Å²) in [6.45, 7) is 4.80. The average molecular weight is 461 g/mol. The van der Waals surface area contributed by atoms with Gasteiger partial charge in [-0.1, -0.05) is 64.9 Å². The fourth-order valence-electron chi connectivity index (χ4n) is 3.51. The average Bonchev–Trinajstić information content (AvgIpc) is 3.07. The number of likely N-dealkylation sites (N-methyl/N-ethyl adjacent to an activating group) is 1. The molecule has 0 unspecified atom stereocenters. The van der Waals surface area contributed by atoms with E-state index in [4.69, 9.17) is 35.4 Å². The molecule has 0 aliphatic carbocycles. The van der Waals surface area contributed by atoms with Gasteiger partial charge in [0.05, 0.1) is 15.0 Å². The molecule has 1 aromatic heterocycles. The molecule has 0 atom stereocenters. The summed E-state index contributed by atoms with van der Waals surface area (Å²) in [6, 6.07) is 12.1. The first-order valence-electron chi connectivity index (χ1n) is 9.01. The lowest BCUT2D eigenvalue weighted by Crippen LogP contribution is -2.22. The van der Waals surface area contributed by atoms with Crippen LogP contribution < -0.4 is 0 Å². The van der Waals surface area contributed by atoms with Crippen LogP contribution in [0.4, 0.5) is 0 Å². The highest BCUT2D eigenvalue weighted by atomic mass is 35.5. The molecule has 0 bridgehead atoms. The minimum absolute atomic E-state index is 0.0579. The molecule has 0 saturated carbocycles. The first-order valence-corrected chi connectivity index (χ1v) is 11.0. The summed E-state index contributed by atoms with van der Waals surface area (Å²) in [5.41, 5.74) is 5.46. The summed E-state index contributed by atoms with van der Waals surface area (Å²) in [5, 5.41) is 2.20. The maximum atomic E-state index is 12.5. The molecule has 0 radical (unpaired) electrons. The number of halogens is 2. The molecule has 148 valence electrons. The van der Waals surface area contributed by atoms with Gasteiger partial charge in [0.2, 0.25) is 0 Å². The third-order valence-electron chi connectivity index (χ3n) is 5.11. The number of thiocarbonyl (C=S) groups is 1. The van der Waals surface area contributed by atoms with Crippen molar-refractivity contribution in [1.82, 2.24) is 9.47 Å². The fraction of sp³-hybridized carbons (Fsp3) is 0.182. The highest BCUT2D eigenvalue weighted by Crippen LogP contribution is 2.36. The van der Waals surface area contributed by atoms with E-state index in [0.717, 1.165) is 27.7 Å². The van der Waals surface area contributed by atoms with Crippen LogP contribution in [0.15, 0.2) is 41.3 Å². The largest absolute Gasteiger partial charge is 0.340 e. The maximum Gasteiger partial charge on any atom is 0.265 e. The molecular weight excluding hydrogens is 443 g/mol. The van der Waals surface area contributed by atoms with Crippen molar-refractivity contribution in [3.05, 3.63) is 73.7 Å². The van der Waals surface area contributed by atoms with Crippen LogP contribution in [0, 0.1) is 13.8 Å². The lowest BCUT2D eigenvalue weighted by Gasteiger charge is -2.10. The van der Waals surface area contributed by atoms with Crippen molar-refractivity contribution >= 4 is 74.4 Å². The number of hydrogen-bond acceptors (Lipinski definition) is 3. The van der Waals surface area contributed by atoms with Crippen molar-refractivity contribution in [2.75, 3.05) is 7.05 Å². The van der Waals surface area contributed by atoms with Gasteiger partial charge in [0.1, 0.15) is 4.32 Å². The summed E-state index contributed by atoms with van der Waals surface area (Å²) < 4.78 is 2.82. The quantitative estimate of drug-likeness (QED) is 0.331. The molecule has 0 N–H and O–H groups in total. The number of aromatic nitrogens is 1. The van der Waals surface area contributed by atoms with E-state index in [9.17, 15) is 4.79 Å². The number of benzene rings is 2. The first kappa shape index (κ1) is 20.5. The van der Waals surface area contributed by atoms with Gasteiger partial charge in [-0.2, -0.15) is 0 Å². The van der Waals surface area contributed by atoms with E-state index in [1.807, 2.05) is 24.3 Å². The van der Waals surface area contributed by atoms with Crippen molar-refractivity contribution in [2.24, 2.45) is 0 Å². The minimum Gasteiger partial charge on any atom is -0.340 e. The summed E-state index contributed by atoms with van der Waals surface area (Å²) in [7, 11) is 1.71. The Balaban J connectivity index is 1.86. The number of fused-ring (bicyclic) bond motifs is 1. The van der Waals surface area contributed by atoms with E-state index < -0.39 is 0 Å². The number of rotatable bonds is 3. The van der Waals surface area contributed by atoms with Crippen LogP contribution >= 0.6 is 47.2 Å². The Labute approximate surface area is 189 Å². The second-order valence-corrected chi connectivity index (χ2v) is 9.59. The summed E-state index contributed by atoms with van der Waals surface area (Å²) in [4.78, 5) is 14.7. The second-order valence-electron chi connectivity index (χ2n) is 7.10. The molecule has 3 aromatic rings. The number of amides is 1. The van der Waals surface area contributed by atoms with Crippen molar-refractivity contribution in [2.45, 2.75) is 20.4 Å². The van der Waals surface area contributed by atoms with Crippen molar-refractivity contribution in [3.63, 3.8) is 0 Å². The highest BCUT2D eigenvalue weighted by molar-refractivity contribution is 8.26. The molecule has 1 amide bonds. The van der Waals surface area contributed by atoms with Crippen LogP contribution in [0.25, 0.3) is 17.0 Å². The van der Waals surface area contributed by atoms with Gasteiger partial charge in [0.25, 0.3) is 5.91 Å². The molecule has 29 heavy (non-hydrogen) atoms. The van der Waals surface area contributed by atoms with Gasteiger partial charge in [-0.3, -0.25) is 9.69 Å². The van der Waals surface area contributed by atoms with E-state index in [0.29, 0.717) is 25.8 Å². The molecule has 4 rings (SSSR count). The van der Waals surface area contributed by atoms with E-state index in [2.05, 4.69) is 36.6 Å². The monoisotopic (exact) mass is 460 g/mol. The van der Waals surface area contributed by atoms with Crippen molar-refractivity contribution in [3.8, 4) is 0 Å². The number of thioether (sulfide) groups is 1. The minimum atomic E-state index is -0.0579. The Hall–Kier alpha value is -1.79. The topological polar surface area (TPSA) is 25.2 Å². The molecule has 2 aromatic carbocycles. The summed E-state index contributed by atoms with van der Waals surface area (Å²) in [5.74, 6) is -0.0579. The molecule has 1 aliphatic heterocycles. The van der Waals surface area contributed by atoms with Crippen LogP contribution in [0.1, 0.15) is 22.4 Å². The SMILES string of the molecule is Cc1ccc2c(c1)c(/C=C1\SC(=S)N(C)C1=O)c(C)n2Cc1ccc(Cl)c(Cl)c1. The number of hydrogen-bond donors (Lipinski definition) is 0. The van der Waals surface area contributed by atoms with Gasteiger partial charge >= 0.3 is 0 Å². The first-order chi connectivity index (χ1) is 13.8. The van der Waals surface area contributed by atoms with E-state index >= 15 is 0 Å². The van der Waals surface area contributed by atoms with E-state index in [-0.39, 0.29) is 5.91 Å². The number of carbonyl (C=O) groups is 1. The van der Waals surface area contributed by atoms with Crippen molar-refractivity contribution in [1.29, 1.82) is 0 Å². The third-order valence-corrected chi connectivity index (χ3v) is 7.34. The maximum absolute atomic E-state index is 12.5. The van der Waals surface area contributed by atoms with Gasteiger partial charge in [-0.05, 0) is 49.8 Å². The number of aryl methyl sites for hydroxylation is 1. The molecule has 1 saturated heterocycles. The number of nitrogens with zero attached hydrogens (tertiary/aromatic N) is 2. The van der Waals surface area contributed by atoms with Gasteiger partial charge in [0.15, 0.2) is 0 Å². The lowest BCUT2D eigenvalue weighted by molar-refractivity contribution is -0.121. The smallest absolute Gasteiger partial charge is 0.265 e. The van der Waals surface area contributed by atoms with Crippen LogP contribution in [0.2, 0.25) is 10.0 Å². The number of carbonyl (C=O) groups excluding carboxylic acids is 1. The molecule has 2 heterocycles. The van der Waals surface area contributed by atoms with Crippen LogP contribution in [-0.2, 0) is 11.3 Å². The normalized spacial score (nSPS) is 15.9. The van der Waals surface area contributed by atoms with Crippen molar-refractivity contribution < 1.29 is 4.79 Å². The zero-order valence-electron chi connectivity index (χ0n) is 16.1. The third kappa shape index (κ3) is 3.73. The van der Waals surface area contributed by atoms with Gasteiger partial charge in [-0.15, -0.1) is 0 Å². The summed E-state index contributed by atoms with van der Waals surface area (Å²) >= 11 is 18.9. The predicted molar refractivity (Wildman–Crippen MR) is 128 cm³/mol. The Morgan fingerprint density at radius 1 is 1.10 bits per heavy atom. The van der Waals surface area contributed by atoms with Crippen LogP contribution in [-0.4, -0.2) is 26.7 Å². The van der Waals surface area contributed by atoms with E-state index in [1.165, 1.54) is 22.2 Å². The molecular formula is C22H18Cl2N2OS2. The Morgan fingerprint density at radius 3 is 2.52 bits per heavy atom. The highest BCUT2D eigenvalue weighted by Gasteiger charge is 2.29. The molecule has 3 nitrogen and oxygen atoms in total. The Morgan fingerprint density at radius 2 is 1.86 bits per heavy atom. The molecule has 7 heteroatoms. The Bertz CT molecular complexity index is 1210. The zero-order valence-corrected chi connectivity index (χ0v) is 19.3. The Kier molecular flexibility index (Phi) is 5.51. The van der Waals surface area contributed by atoms with Crippen LogP contribution in [0.5, 0.6) is 0 Å². The molecule has 1 fully saturated rings.